The molecule has 1 aromatic heterocycles. The lowest BCUT2D eigenvalue weighted by Gasteiger charge is -2.33. The van der Waals surface area contributed by atoms with Crippen LogP contribution in [0.4, 0.5) is 8.78 Å². The molecule has 1 unspecified atom stereocenters. The average molecular weight is 323 g/mol. The lowest BCUT2D eigenvalue weighted by molar-refractivity contribution is -0.0108. The Kier molecular flexibility index (Phi) is 4.08. The zero-order valence-electron chi connectivity index (χ0n) is 12.7. The van der Waals surface area contributed by atoms with E-state index in [1.807, 2.05) is 0 Å². The zero-order chi connectivity index (χ0) is 16.6. The van der Waals surface area contributed by atoms with Gasteiger partial charge in [0.1, 0.15) is 17.7 Å². The van der Waals surface area contributed by atoms with Crippen molar-refractivity contribution < 1.29 is 22.7 Å². The van der Waals surface area contributed by atoms with Crippen LogP contribution in [0.1, 0.15) is 33.7 Å². The van der Waals surface area contributed by atoms with Crippen molar-refractivity contribution in [3.63, 3.8) is 0 Å². The predicted octanol–water partition coefficient (Wildman–Crippen LogP) is 2.18. The second-order valence-corrected chi connectivity index (χ2v) is 5.33. The number of morpholine rings is 1. The van der Waals surface area contributed by atoms with Crippen LogP contribution < -0.4 is 0 Å². The van der Waals surface area contributed by atoms with Crippen LogP contribution in [0.25, 0.3) is 0 Å². The fourth-order valence-electron chi connectivity index (χ4n) is 2.47. The number of nitrogens with zero attached hydrogens (tertiary/aromatic N) is 3. The number of aryl methyl sites for hydroxylation is 2. The molecular weight excluding hydrogens is 308 g/mol. The second-order valence-electron chi connectivity index (χ2n) is 5.33. The van der Waals surface area contributed by atoms with E-state index in [0.717, 1.165) is 6.07 Å². The number of carbonyl (C=O) groups is 1. The topological polar surface area (TPSA) is 68.5 Å². The number of halogens is 2. The normalized spacial score (nSPS) is 18.3. The van der Waals surface area contributed by atoms with Gasteiger partial charge in [-0.2, -0.15) is 0 Å². The first kappa shape index (κ1) is 15.5. The Labute approximate surface area is 131 Å². The van der Waals surface area contributed by atoms with Crippen LogP contribution in [-0.2, 0) is 4.74 Å². The molecule has 1 atom stereocenters. The van der Waals surface area contributed by atoms with Crippen LogP contribution in [0.3, 0.4) is 0 Å². The van der Waals surface area contributed by atoms with Crippen LogP contribution in [0, 0.1) is 25.5 Å². The molecule has 0 spiro atoms. The highest BCUT2D eigenvalue weighted by Gasteiger charge is 2.34. The van der Waals surface area contributed by atoms with Crippen molar-refractivity contribution in [3.8, 4) is 0 Å². The standard InChI is InChI=1S/C15H15F2N3O3/c1-8-5-10(12(17)6-11(8)16)15(21)20-3-4-22-7-13(20)14-19-18-9(2)23-14/h5-6,13H,3-4,7H2,1-2H3. The van der Waals surface area contributed by atoms with Gasteiger partial charge in [-0.3, -0.25) is 4.79 Å². The summed E-state index contributed by atoms with van der Waals surface area (Å²) in [6, 6.07) is 1.33. The first-order chi connectivity index (χ1) is 11.0. The highest BCUT2D eigenvalue weighted by atomic mass is 19.1. The Bertz CT molecular complexity index is 748. The van der Waals surface area contributed by atoms with E-state index in [0.29, 0.717) is 12.5 Å². The molecule has 122 valence electrons. The molecule has 1 amide bonds. The highest BCUT2D eigenvalue weighted by molar-refractivity contribution is 5.95. The van der Waals surface area contributed by atoms with E-state index in [9.17, 15) is 13.6 Å². The van der Waals surface area contributed by atoms with Crippen LogP contribution in [0.15, 0.2) is 16.5 Å². The molecule has 0 bridgehead atoms. The van der Waals surface area contributed by atoms with E-state index in [2.05, 4.69) is 10.2 Å². The molecule has 23 heavy (non-hydrogen) atoms. The molecule has 0 radical (unpaired) electrons. The molecule has 2 heterocycles. The van der Waals surface area contributed by atoms with Gasteiger partial charge in [-0.05, 0) is 18.6 Å². The molecule has 1 aliphatic rings. The molecule has 1 fully saturated rings. The van der Waals surface area contributed by atoms with Gasteiger partial charge in [0.05, 0.1) is 18.8 Å². The van der Waals surface area contributed by atoms with Gasteiger partial charge in [-0.1, -0.05) is 0 Å². The van der Waals surface area contributed by atoms with Gasteiger partial charge in [0.2, 0.25) is 11.8 Å². The first-order valence-corrected chi connectivity index (χ1v) is 7.11. The zero-order valence-corrected chi connectivity index (χ0v) is 12.7. The summed E-state index contributed by atoms with van der Waals surface area (Å²) in [5, 5.41) is 7.64. The maximum absolute atomic E-state index is 14.0. The predicted molar refractivity (Wildman–Crippen MR) is 74.7 cm³/mol. The highest BCUT2D eigenvalue weighted by Crippen LogP contribution is 2.26. The Hall–Kier alpha value is -2.35. The van der Waals surface area contributed by atoms with E-state index in [1.165, 1.54) is 17.9 Å². The fraction of sp³-hybridized carbons (Fsp3) is 0.400. The van der Waals surface area contributed by atoms with Crippen molar-refractivity contribution in [2.75, 3.05) is 19.8 Å². The number of hydrogen-bond donors (Lipinski definition) is 0. The number of rotatable bonds is 2. The molecule has 0 saturated carbocycles. The van der Waals surface area contributed by atoms with Crippen molar-refractivity contribution >= 4 is 5.91 Å². The van der Waals surface area contributed by atoms with Gasteiger partial charge in [-0.15, -0.1) is 10.2 Å². The summed E-state index contributed by atoms with van der Waals surface area (Å²) in [7, 11) is 0. The van der Waals surface area contributed by atoms with Crippen LogP contribution in [0.5, 0.6) is 0 Å². The molecule has 0 N–H and O–H groups in total. The van der Waals surface area contributed by atoms with Gasteiger partial charge < -0.3 is 14.1 Å². The van der Waals surface area contributed by atoms with Crippen molar-refractivity contribution in [3.05, 3.63) is 46.7 Å². The molecular formula is C15H15F2N3O3. The number of benzene rings is 1. The van der Waals surface area contributed by atoms with E-state index in [4.69, 9.17) is 9.15 Å². The lowest BCUT2D eigenvalue weighted by atomic mass is 10.1. The Balaban J connectivity index is 1.94. The summed E-state index contributed by atoms with van der Waals surface area (Å²) < 4.78 is 38.1. The molecule has 2 aromatic rings. The number of ether oxygens (including phenoxy) is 1. The van der Waals surface area contributed by atoms with Gasteiger partial charge >= 0.3 is 0 Å². The molecule has 1 aromatic carbocycles. The maximum atomic E-state index is 14.0. The molecule has 6 nitrogen and oxygen atoms in total. The third kappa shape index (κ3) is 2.94. The summed E-state index contributed by atoms with van der Waals surface area (Å²) in [5.41, 5.74) is 0.0141. The minimum atomic E-state index is -0.898. The quantitative estimate of drug-likeness (QED) is 0.847. The van der Waals surface area contributed by atoms with Gasteiger partial charge in [0, 0.05) is 19.5 Å². The maximum Gasteiger partial charge on any atom is 0.257 e. The number of amides is 1. The summed E-state index contributed by atoms with van der Waals surface area (Å²) in [6.45, 7) is 3.85. The van der Waals surface area contributed by atoms with Crippen molar-refractivity contribution in [2.24, 2.45) is 0 Å². The number of carbonyl (C=O) groups excluding carboxylic acids is 1. The van der Waals surface area contributed by atoms with Gasteiger partial charge in [0.25, 0.3) is 5.91 Å². The van der Waals surface area contributed by atoms with Gasteiger partial charge in [0.15, 0.2) is 0 Å². The van der Waals surface area contributed by atoms with Crippen LogP contribution in [-0.4, -0.2) is 40.8 Å². The lowest BCUT2D eigenvalue weighted by Crippen LogP contribution is -2.43. The summed E-state index contributed by atoms with van der Waals surface area (Å²) >= 11 is 0. The molecule has 3 rings (SSSR count). The smallest absolute Gasteiger partial charge is 0.257 e. The van der Waals surface area contributed by atoms with Crippen molar-refractivity contribution in [1.29, 1.82) is 0 Å². The average Bonchev–Trinajstić information content (AvgIpc) is 2.96. The molecule has 0 aliphatic carbocycles. The SMILES string of the molecule is Cc1nnc(C2COCCN2C(=O)c2cc(C)c(F)cc2F)o1. The molecule has 1 aliphatic heterocycles. The fourth-order valence-corrected chi connectivity index (χ4v) is 2.47. The Morgan fingerprint density at radius 2 is 2.04 bits per heavy atom. The number of aromatic nitrogens is 2. The third-order valence-electron chi connectivity index (χ3n) is 3.69. The Morgan fingerprint density at radius 3 is 2.74 bits per heavy atom. The minimum absolute atomic E-state index is 0.176. The molecule has 8 heteroatoms. The summed E-state index contributed by atoms with van der Waals surface area (Å²) in [5.74, 6) is -1.55. The monoisotopic (exact) mass is 323 g/mol. The largest absolute Gasteiger partial charge is 0.423 e. The first-order valence-electron chi connectivity index (χ1n) is 7.11. The second kappa shape index (κ2) is 6.04. The summed E-state index contributed by atoms with van der Waals surface area (Å²) in [4.78, 5) is 14.1. The van der Waals surface area contributed by atoms with E-state index < -0.39 is 23.6 Å². The van der Waals surface area contributed by atoms with E-state index >= 15 is 0 Å². The minimum Gasteiger partial charge on any atom is -0.423 e. The van der Waals surface area contributed by atoms with Crippen molar-refractivity contribution in [1.82, 2.24) is 15.1 Å². The van der Waals surface area contributed by atoms with Gasteiger partial charge in [-0.25, -0.2) is 8.78 Å². The summed E-state index contributed by atoms with van der Waals surface area (Å²) in [6.07, 6.45) is 0. The van der Waals surface area contributed by atoms with E-state index in [1.54, 1.807) is 6.92 Å². The molecule has 1 saturated heterocycles. The van der Waals surface area contributed by atoms with Crippen LogP contribution >= 0.6 is 0 Å². The van der Waals surface area contributed by atoms with Crippen LogP contribution in [0.2, 0.25) is 0 Å². The third-order valence-corrected chi connectivity index (χ3v) is 3.69. The van der Waals surface area contributed by atoms with E-state index in [-0.39, 0.29) is 30.2 Å². The number of hydrogen-bond acceptors (Lipinski definition) is 5. The Morgan fingerprint density at radius 1 is 1.26 bits per heavy atom. The van der Waals surface area contributed by atoms with Crippen molar-refractivity contribution in [2.45, 2.75) is 19.9 Å².